The van der Waals surface area contributed by atoms with Gasteiger partial charge in [0.1, 0.15) is 12.4 Å². The van der Waals surface area contributed by atoms with Crippen molar-refractivity contribution in [2.75, 3.05) is 0 Å². The minimum atomic E-state index is -0.360. The molecule has 0 bridgehead atoms. The molecule has 2 aromatic rings. The fourth-order valence-corrected chi connectivity index (χ4v) is 2.90. The summed E-state index contributed by atoms with van der Waals surface area (Å²) in [6.45, 7) is 2.61. The standard InChI is InChI=1S/C23H29N3O3S/c1-2-3-4-5-9-12-21(27)24-23(30)26-25-22(28)19-13-15-20(16-14-19)29-17-18-10-7-6-8-11-18/h6-8,10-11,13-16H,2-5,9,12,17H2,1H3,(H,25,28)(H2,24,26,27,30). The molecule has 6 nitrogen and oxygen atoms in total. The topological polar surface area (TPSA) is 79.5 Å². The first-order valence-corrected chi connectivity index (χ1v) is 10.7. The van der Waals surface area contributed by atoms with Crippen LogP contribution in [0.2, 0.25) is 0 Å². The van der Waals surface area contributed by atoms with Crippen LogP contribution in [0.3, 0.4) is 0 Å². The molecule has 2 aromatic carbocycles. The van der Waals surface area contributed by atoms with Gasteiger partial charge in [-0.2, -0.15) is 0 Å². The molecule has 0 fully saturated rings. The maximum absolute atomic E-state index is 12.2. The van der Waals surface area contributed by atoms with Crippen LogP contribution in [0.1, 0.15) is 61.4 Å². The summed E-state index contributed by atoms with van der Waals surface area (Å²) < 4.78 is 5.71. The molecule has 7 heteroatoms. The van der Waals surface area contributed by atoms with Crippen LogP contribution in [0.4, 0.5) is 0 Å². The van der Waals surface area contributed by atoms with E-state index in [0.29, 0.717) is 24.3 Å². The zero-order chi connectivity index (χ0) is 21.6. The van der Waals surface area contributed by atoms with Crippen LogP contribution >= 0.6 is 12.2 Å². The van der Waals surface area contributed by atoms with Gasteiger partial charge in [0.25, 0.3) is 5.91 Å². The van der Waals surface area contributed by atoms with Crippen LogP contribution in [0.25, 0.3) is 0 Å². The lowest BCUT2D eigenvalue weighted by Gasteiger charge is -2.11. The molecule has 2 amide bonds. The smallest absolute Gasteiger partial charge is 0.269 e. The summed E-state index contributed by atoms with van der Waals surface area (Å²) in [6.07, 6.45) is 5.78. The number of unbranched alkanes of at least 4 members (excludes halogenated alkanes) is 4. The summed E-state index contributed by atoms with van der Waals surface area (Å²) in [6, 6.07) is 16.6. The quantitative estimate of drug-likeness (QED) is 0.300. The Bertz CT molecular complexity index is 810. The zero-order valence-electron chi connectivity index (χ0n) is 17.3. The van der Waals surface area contributed by atoms with Crippen molar-refractivity contribution in [3.63, 3.8) is 0 Å². The average Bonchev–Trinajstić information content (AvgIpc) is 2.77. The van der Waals surface area contributed by atoms with Gasteiger partial charge in [-0.15, -0.1) is 0 Å². The number of carbonyl (C=O) groups is 2. The van der Waals surface area contributed by atoms with Gasteiger partial charge in [0.05, 0.1) is 0 Å². The van der Waals surface area contributed by atoms with Gasteiger partial charge in [0.2, 0.25) is 5.91 Å². The van der Waals surface area contributed by atoms with E-state index in [9.17, 15) is 9.59 Å². The van der Waals surface area contributed by atoms with Crippen LogP contribution in [0, 0.1) is 0 Å². The predicted octanol–water partition coefficient (Wildman–Crippen LogP) is 4.26. The van der Waals surface area contributed by atoms with E-state index in [0.717, 1.165) is 24.8 Å². The Kier molecular flexibility index (Phi) is 10.4. The van der Waals surface area contributed by atoms with E-state index in [2.05, 4.69) is 23.1 Å². The highest BCUT2D eigenvalue weighted by molar-refractivity contribution is 7.80. The monoisotopic (exact) mass is 427 g/mol. The highest BCUT2D eigenvalue weighted by Crippen LogP contribution is 2.14. The van der Waals surface area contributed by atoms with E-state index in [1.165, 1.54) is 12.8 Å². The summed E-state index contributed by atoms with van der Waals surface area (Å²) in [7, 11) is 0. The second-order valence-electron chi connectivity index (χ2n) is 6.92. The normalized spacial score (nSPS) is 10.2. The van der Waals surface area contributed by atoms with E-state index < -0.39 is 0 Å². The van der Waals surface area contributed by atoms with Gasteiger partial charge in [-0.05, 0) is 48.5 Å². The zero-order valence-corrected chi connectivity index (χ0v) is 18.1. The van der Waals surface area contributed by atoms with Gasteiger partial charge < -0.3 is 10.1 Å². The van der Waals surface area contributed by atoms with Gasteiger partial charge in [-0.1, -0.05) is 62.9 Å². The maximum atomic E-state index is 12.2. The summed E-state index contributed by atoms with van der Waals surface area (Å²) in [4.78, 5) is 24.0. The first-order chi connectivity index (χ1) is 14.6. The third-order valence-electron chi connectivity index (χ3n) is 4.41. The van der Waals surface area contributed by atoms with Crippen molar-refractivity contribution in [1.82, 2.24) is 16.2 Å². The molecule has 0 aliphatic heterocycles. The lowest BCUT2D eigenvalue weighted by molar-refractivity contribution is -0.119. The fourth-order valence-electron chi connectivity index (χ4n) is 2.74. The van der Waals surface area contributed by atoms with Crippen molar-refractivity contribution in [2.45, 2.75) is 52.1 Å². The Labute approximate surface area is 183 Å². The molecule has 0 aliphatic carbocycles. The minimum absolute atomic E-state index is 0.0738. The number of carbonyl (C=O) groups excluding carboxylic acids is 2. The molecule has 0 aliphatic rings. The second kappa shape index (κ2) is 13.3. The van der Waals surface area contributed by atoms with E-state index in [4.69, 9.17) is 17.0 Å². The Hall–Kier alpha value is -2.93. The predicted molar refractivity (Wildman–Crippen MR) is 122 cm³/mol. The van der Waals surface area contributed by atoms with Gasteiger partial charge in [0, 0.05) is 12.0 Å². The van der Waals surface area contributed by atoms with Crippen molar-refractivity contribution >= 4 is 29.1 Å². The number of benzene rings is 2. The maximum Gasteiger partial charge on any atom is 0.269 e. The van der Waals surface area contributed by atoms with Crippen molar-refractivity contribution in [2.24, 2.45) is 0 Å². The van der Waals surface area contributed by atoms with E-state index in [1.54, 1.807) is 24.3 Å². The number of hydrogen-bond donors (Lipinski definition) is 3. The van der Waals surface area contributed by atoms with Crippen LogP contribution in [-0.4, -0.2) is 16.9 Å². The molecule has 3 N–H and O–H groups in total. The van der Waals surface area contributed by atoms with Crippen LogP contribution in [0.15, 0.2) is 54.6 Å². The van der Waals surface area contributed by atoms with E-state index >= 15 is 0 Å². The molecular formula is C23H29N3O3S. The first kappa shape index (κ1) is 23.3. The van der Waals surface area contributed by atoms with Crippen molar-refractivity contribution in [1.29, 1.82) is 0 Å². The minimum Gasteiger partial charge on any atom is -0.489 e. The first-order valence-electron chi connectivity index (χ1n) is 10.3. The molecule has 0 heterocycles. The lowest BCUT2D eigenvalue weighted by Crippen LogP contribution is -2.48. The molecular weight excluding hydrogens is 398 g/mol. The highest BCUT2D eigenvalue weighted by Gasteiger charge is 2.08. The summed E-state index contributed by atoms with van der Waals surface area (Å²) in [5.41, 5.74) is 6.55. The molecule has 0 aromatic heterocycles. The Morgan fingerprint density at radius 3 is 2.30 bits per heavy atom. The average molecular weight is 428 g/mol. The molecule has 0 saturated carbocycles. The number of ether oxygens (including phenoxy) is 1. The number of thiocarbonyl (C=S) groups is 1. The van der Waals surface area contributed by atoms with Gasteiger partial charge in [-0.3, -0.25) is 20.4 Å². The SMILES string of the molecule is CCCCCCCC(=O)NC(=S)NNC(=O)c1ccc(OCc2ccccc2)cc1. The van der Waals surface area contributed by atoms with Crippen molar-refractivity contribution in [3.05, 3.63) is 65.7 Å². The fraction of sp³-hybridized carbons (Fsp3) is 0.348. The Morgan fingerprint density at radius 2 is 1.60 bits per heavy atom. The van der Waals surface area contributed by atoms with E-state index in [1.807, 2.05) is 30.3 Å². The summed E-state index contributed by atoms with van der Waals surface area (Å²) in [5, 5.41) is 2.64. The van der Waals surface area contributed by atoms with E-state index in [-0.39, 0.29) is 16.9 Å². The Balaban J connectivity index is 1.67. The molecule has 2 rings (SSSR count). The lowest BCUT2D eigenvalue weighted by atomic mass is 10.1. The summed E-state index contributed by atoms with van der Waals surface area (Å²) >= 11 is 5.04. The molecule has 0 unspecified atom stereocenters. The van der Waals surface area contributed by atoms with Crippen LogP contribution in [-0.2, 0) is 11.4 Å². The largest absolute Gasteiger partial charge is 0.489 e. The molecule has 0 atom stereocenters. The van der Waals surface area contributed by atoms with Crippen LogP contribution in [0.5, 0.6) is 5.75 Å². The number of amides is 2. The van der Waals surface area contributed by atoms with Gasteiger partial charge >= 0.3 is 0 Å². The third kappa shape index (κ3) is 9.05. The highest BCUT2D eigenvalue weighted by atomic mass is 32.1. The molecule has 0 radical (unpaired) electrons. The van der Waals surface area contributed by atoms with Crippen LogP contribution < -0.4 is 20.9 Å². The van der Waals surface area contributed by atoms with Crippen molar-refractivity contribution < 1.29 is 14.3 Å². The second-order valence-corrected chi connectivity index (χ2v) is 7.33. The molecule has 30 heavy (non-hydrogen) atoms. The van der Waals surface area contributed by atoms with Crippen molar-refractivity contribution in [3.8, 4) is 5.75 Å². The molecule has 0 saturated heterocycles. The third-order valence-corrected chi connectivity index (χ3v) is 4.62. The van der Waals surface area contributed by atoms with Gasteiger partial charge in [-0.25, -0.2) is 0 Å². The summed E-state index contributed by atoms with van der Waals surface area (Å²) in [5.74, 6) is 0.157. The molecule has 160 valence electrons. The number of hydrogen-bond acceptors (Lipinski definition) is 4. The number of nitrogens with one attached hydrogen (secondary N) is 3. The number of rotatable bonds is 10. The Morgan fingerprint density at radius 1 is 0.900 bits per heavy atom. The molecule has 0 spiro atoms. The van der Waals surface area contributed by atoms with Gasteiger partial charge in [0.15, 0.2) is 5.11 Å². The number of hydrazine groups is 1.